The summed E-state index contributed by atoms with van der Waals surface area (Å²) in [6.07, 6.45) is -4.61. The number of esters is 1. The summed E-state index contributed by atoms with van der Waals surface area (Å²) in [6, 6.07) is 10.3. The van der Waals surface area contributed by atoms with Gasteiger partial charge >= 0.3 is 12.1 Å². The molecule has 0 heterocycles. The van der Waals surface area contributed by atoms with Gasteiger partial charge in [-0.1, -0.05) is 40.2 Å². The Kier molecular flexibility index (Phi) is 6.42. The zero-order valence-corrected chi connectivity index (χ0v) is 15.2. The molecule has 0 aliphatic heterocycles. The fraction of sp³-hybridized carbons (Fsp3) is 0.222. The first-order chi connectivity index (χ1) is 12.2. The van der Waals surface area contributed by atoms with Gasteiger partial charge in [0.05, 0.1) is 18.2 Å². The predicted molar refractivity (Wildman–Crippen MR) is 92.6 cm³/mol. The first-order valence-corrected chi connectivity index (χ1v) is 8.31. The van der Waals surface area contributed by atoms with Crippen molar-refractivity contribution in [1.82, 2.24) is 5.32 Å². The topological polar surface area (TPSA) is 55.4 Å². The maximum Gasteiger partial charge on any atom is 0.417 e. The zero-order chi connectivity index (χ0) is 19.3. The third-order valence-electron chi connectivity index (χ3n) is 3.60. The number of ether oxygens (including phenoxy) is 1. The highest BCUT2D eigenvalue weighted by Gasteiger charge is 2.35. The quantitative estimate of drug-likeness (QED) is 0.731. The second-order valence-corrected chi connectivity index (χ2v) is 6.34. The van der Waals surface area contributed by atoms with Gasteiger partial charge in [-0.2, -0.15) is 13.2 Å². The molecule has 0 saturated carbocycles. The number of halogens is 4. The number of rotatable bonds is 5. The van der Waals surface area contributed by atoms with Crippen molar-refractivity contribution in [3.8, 4) is 0 Å². The average Bonchev–Trinajstić information content (AvgIpc) is 2.59. The van der Waals surface area contributed by atoms with Crippen LogP contribution in [0.25, 0.3) is 0 Å². The van der Waals surface area contributed by atoms with Gasteiger partial charge in [0.15, 0.2) is 0 Å². The molecule has 2 aromatic rings. The second-order valence-electron chi connectivity index (χ2n) is 5.43. The van der Waals surface area contributed by atoms with Crippen LogP contribution < -0.4 is 5.32 Å². The summed E-state index contributed by atoms with van der Waals surface area (Å²) in [5.74, 6) is -1.74. The molecule has 0 aliphatic carbocycles. The number of methoxy groups -OCH3 is 1. The molecule has 0 saturated heterocycles. The van der Waals surface area contributed by atoms with E-state index in [0.717, 1.165) is 23.7 Å². The Hall–Kier alpha value is -2.35. The molecule has 0 aliphatic rings. The van der Waals surface area contributed by atoms with E-state index in [0.29, 0.717) is 5.56 Å². The Bertz CT molecular complexity index is 808. The molecule has 2 rings (SSSR count). The molecule has 0 fully saturated rings. The van der Waals surface area contributed by atoms with E-state index < -0.39 is 35.2 Å². The summed E-state index contributed by atoms with van der Waals surface area (Å²) in [4.78, 5) is 24.4. The Balaban J connectivity index is 2.26. The van der Waals surface area contributed by atoms with Crippen LogP contribution in [0.5, 0.6) is 0 Å². The van der Waals surface area contributed by atoms with Gasteiger partial charge in [0.1, 0.15) is 6.04 Å². The minimum atomic E-state index is -4.68. The molecule has 0 bridgehead atoms. The molecule has 0 spiro atoms. The third-order valence-corrected chi connectivity index (χ3v) is 4.09. The molecule has 0 unspecified atom stereocenters. The molecular formula is C18H15BrF3NO3. The van der Waals surface area contributed by atoms with E-state index in [1.807, 2.05) is 0 Å². The summed E-state index contributed by atoms with van der Waals surface area (Å²) in [6.45, 7) is 0. The van der Waals surface area contributed by atoms with Gasteiger partial charge in [-0.15, -0.1) is 0 Å². The van der Waals surface area contributed by atoms with E-state index in [4.69, 9.17) is 0 Å². The number of alkyl halides is 3. The number of hydrogen-bond donors (Lipinski definition) is 1. The van der Waals surface area contributed by atoms with Crippen LogP contribution in [0.2, 0.25) is 0 Å². The van der Waals surface area contributed by atoms with Crippen molar-refractivity contribution in [3.05, 3.63) is 69.7 Å². The lowest BCUT2D eigenvalue weighted by Gasteiger charge is -2.18. The minimum Gasteiger partial charge on any atom is -0.467 e. The molecule has 0 aromatic heterocycles. The predicted octanol–water partition coefficient (Wildman–Crippen LogP) is 3.98. The number of carbonyl (C=O) groups excluding carboxylic acids is 2. The van der Waals surface area contributed by atoms with Crippen molar-refractivity contribution < 1.29 is 27.5 Å². The van der Waals surface area contributed by atoms with E-state index in [9.17, 15) is 22.8 Å². The molecule has 8 heteroatoms. The Morgan fingerprint density at radius 1 is 1.15 bits per heavy atom. The molecule has 0 radical (unpaired) electrons. The second kappa shape index (κ2) is 8.35. The van der Waals surface area contributed by atoms with Crippen molar-refractivity contribution in [2.45, 2.75) is 18.6 Å². The summed E-state index contributed by atoms with van der Waals surface area (Å²) >= 11 is 3.30. The van der Waals surface area contributed by atoms with E-state index in [1.165, 1.54) is 12.1 Å². The van der Waals surface area contributed by atoms with E-state index in [-0.39, 0.29) is 6.42 Å². The monoisotopic (exact) mass is 429 g/mol. The average molecular weight is 430 g/mol. The van der Waals surface area contributed by atoms with Crippen LogP contribution in [0.15, 0.2) is 53.0 Å². The SMILES string of the molecule is COC(=O)[C@H](Cc1cccc(Br)c1)NC(=O)c1ccccc1C(F)(F)F. The van der Waals surface area contributed by atoms with Crippen LogP contribution in [0.3, 0.4) is 0 Å². The van der Waals surface area contributed by atoms with E-state index in [1.54, 1.807) is 24.3 Å². The standard InChI is InChI=1S/C18H15BrF3NO3/c1-26-17(25)15(10-11-5-4-6-12(19)9-11)23-16(24)13-7-2-3-8-14(13)18(20,21)22/h2-9,15H,10H2,1H3,(H,23,24)/t15-/m0/s1. The Morgan fingerprint density at radius 3 is 2.46 bits per heavy atom. The smallest absolute Gasteiger partial charge is 0.417 e. The fourth-order valence-corrected chi connectivity index (χ4v) is 2.85. The molecular weight excluding hydrogens is 415 g/mol. The van der Waals surface area contributed by atoms with Gasteiger partial charge < -0.3 is 10.1 Å². The Labute approximate surface area is 156 Å². The largest absolute Gasteiger partial charge is 0.467 e. The van der Waals surface area contributed by atoms with Crippen molar-refractivity contribution in [2.24, 2.45) is 0 Å². The lowest BCUT2D eigenvalue weighted by molar-refractivity contribution is -0.142. The summed E-state index contributed by atoms with van der Waals surface area (Å²) in [7, 11) is 1.14. The highest BCUT2D eigenvalue weighted by molar-refractivity contribution is 9.10. The van der Waals surface area contributed by atoms with Crippen LogP contribution in [-0.2, 0) is 22.1 Å². The van der Waals surface area contributed by atoms with Gasteiger partial charge in [0.2, 0.25) is 0 Å². The van der Waals surface area contributed by atoms with Gasteiger partial charge in [0.25, 0.3) is 5.91 Å². The van der Waals surface area contributed by atoms with E-state index in [2.05, 4.69) is 26.0 Å². The number of hydrogen-bond acceptors (Lipinski definition) is 3. The molecule has 4 nitrogen and oxygen atoms in total. The first kappa shape index (κ1) is 20.0. The molecule has 1 amide bonds. The van der Waals surface area contributed by atoms with Crippen molar-refractivity contribution in [3.63, 3.8) is 0 Å². The summed E-state index contributed by atoms with van der Waals surface area (Å²) in [5, 5.41) is 2.34. The Morgan fingerprint density at radius 2 is 1.85 bits per heavy atom. The number of nitrogens with one attached hydrogen (secondary N) is 1. The lowest BCUT2D eigenvalue weighted by Crippen LogP contribution is -2.43. The van der Waals surface area contributed by atoms with Crippen LogP contribution in [0, 0.1) is 0 Å². The molecule has 26 heavy (non-hydrogen) atoms. The van der Waals surface area contributed by atoms with Gasteiger partial charge in [-0.25, -0.2) is 4.79 Å². The molecule has 138 valence electrons. The molecule has 2 aromatic carbocycles. The summed E-state index contributed by atoms with van der Waals surface area (Å²) in [5.41, 5.74) is -0.911. The van der Waals surface area contributed by atoms with E-state index >= 15 is 0 Å². The number of benzene rings is 2. The van der Waals surface area contributed by atoms with Crippen molar-refractivity contribution in [1.29, 1.82) is 0 Å². The number of amides is 1. The fourth-order valence-electron chi connectivity index (χ4n) is 2.40. The maximum absolute atomic E-state index is 13.1. The van der Waals surface area contributed by atoms with Crippen molar-refractivity contribution in [2.75, 3.05) is 7.11 Å². The lowest BCUT2D eigenvalue weighted by atomic mass is 10.0. The summed E-state index contributed by atoms with van der Waals surface area (Å²) < 4.78 is 44.7. The zero-order valence-electron chi connectivity index (χ0n) is 13.6. The van der Waals surface area contributed by atoms with Gasteiger partial charge in [-0.3, -0.25) is 4.79 Å². The van der Waals surface area contributed by atoms with Crippen LogP contribution in [0.1, 0.15) is 21.5 Å². The highest BCUT2D eigenvalue weighted by atomic mass is 79.9. The molecule has 1 N–H and O–H groups in total. The van der Waals surface area contributed by atoms with Crippen LogP contribution in [-0.4, -0.2) is 25.0 Å². The normalized spacial score (nSPS) is 12.3. The number of carbonyl (C=O) groups is 2. The maximum atomic E-state index is 13.1. The van der Waals surface area contributed by atoms with Gasteiger partial charge in [-0.05, 0) is 29.8 Å². The van der Waals surface area contributed by atoms with Gasteiger partial charge in [0, 0.05) is 10.9 Å². The van der Waals surface area contributed by atoms with Crippen molar-refractivity contribution >= 4 is 27.8 Å². The first-order valence-electron chi connectivity index (χ1n) is 7.51. The highest BCUT2D eigenvalue weighted by Crippen LogP contribution is 2.31. The van der Waals surface area contributed by atoms with Crippen LogP contribution in [0.4, 0.5) is 13.2 Å². The minimum absolute atomic E-state index is 0.0754. The third kappa shape index (κ3) is 5.08. The molecule has 1 atom stereocenters. The van der Waals surface area contributed by atoms with Crippen LogP contribution >= 0.6 is 15.9 Å².